The van der Waals surface area contributed by atoms with Crippen LogP contribution >= 0.6 is 11.5 Å². The van der Waals surface area contributed by atoms with Crippen LogP contribution in [0.4, 0.5) is 10.1 Å². The first-order valence-electron chi connectivity index (χ1n) is 4.10. The highest BCUT2D eigenvalue weighted by Crippen LogP contribution is 2.14. The van der Waals surface area contributed by atoms with E-state index in [1.165, 1.54) is 18.3 Å². The van der Waals surface area contributed by atoms with Gasteiger partial charge in [-0.2, -0.15) is 0 Å². The summed E-state index contributed by atoms with van der Waals surface area (Å²) in [7, 11) is 0. The standard InChI is InChI=1S/C9H6FN3OS/c10-6-3-1-2-4-7(6)12-9(14)8-5-11-13-15-8/h1-5H,(H,12,14). The molecule has 0 unspecified atom stereocenters. The van der Waals surface area contributed by atoms with E-state index in [1.807, 2.05) is 0 Å². The van der Waals surface area contributed by atoms with Crippen LogP contribution in [0.3, 0.4) is 0 Å². The van der Waals surface area contributed by atoms with Gasteiger partial charge in [-0.05, 0) is 23.7 Å². The number of hydrogen-bond donors (Lipinski definition) is 1. The van der Waals surface area contributed by atoms with Gasteiger partial charge in [0.15, 0.2) is 0 Å². The number of carbonyl (C=O) groups is 1. The van der Waals surface area contributed by atoms with Crippen LogP contribution < -0.4 is 5.32 Å². The molecule has 1 amide bonds. The van der Waals surface area contributed by atoms with Crippen LogP contribution in [0, 0.1) is 5.82 Å². The minimum absolute atomic E-state index is 0.149. The number of para-hydroxylation sites is 1. The smallest absolute Gasteiger partial charge is 0.269 e. The van der Waals surface area contributed by atoms with Gasteiger partial charge in [0.05, 0.1) is 11.9 Å². The highest BCUT2D eigenvalue weighted by molar-refractivity contribution is 7.07. The molecule has 1 N–H and O–H groups in total. The van der Waals surface area contributed by atoms with Gasteiger partial charge in [0.25, 0.3) is 5.91 Å². The van der Waals surface area contributed by atoms with Crippen molar-refractivity contribution in [2.45, 2.75) is 0 Å². The zero-order valence-electron chi connectivity index (χ0n) is 7.48. The van der Waals surface area contributed by atoms with Crippen LogP contribution in [0.2, 0.25) is 0 Å². The molecule has 0 saturated heterocycles. The van der Waals surface area contributed by atoms with Gasteiger partial charge in [-0.3, -0.25) is 4.79 Å². The molecule has 0 fully saturated rings. The molecule has 0 spiro atoms. The van der Waals surface area contributed by atoms with Crippen LogP contribution in [0.15, 0.2) is 30.5 Å². The van der Waals surface area contributed by atoms with Crippen molar-refractivity contribution in [2.75, 3.05) is 5.32 Å². The summed E-state index contributed by atoms with van der Waals surface area (Å²) in [6, 6.07) is 5.96. The normalized spacial score (nSPS) is 9.93. The molecule has 0 aliphatic heterocycles. The fourth-order valence-corrected chi connectivity index (χ4v) is 1.42. The van der Waals surface area contributed by atoms with Crippen LogP contribution in [0.1, 0.15) is 9.67 Å². The molecule has 0 bridgehead atoms. The Bertz CT molecular complexity index is 472. The molecule has 0 radical (unpaired) electrons. The quantitative estimate of drug-likeness (QED) is 0.846. The van der Waals surface area contributed by atoms with Crippen LogP contribution in [-0.2, 0) is 0 Å². The molecule has 15 heavy (non-hydrogen) atoms. The van der Waals surface area contributed by atoms with Gasteiger partial charge < -0.3 is 5.32 Å². The molecule has 0 aliphatic carbocycles. The zero-order valence-corrected chi connectivity index (χ0v) is 8.29. The Morgan fingerprint density at radius 1 is 1.40 bits per heavy atom. The summed E-state index contributed by atoms with van der Waals surface area (Å²) in [5, 5.41) is 5.95. The molecule has 0 atom stereocenters. The minimum Gasteiger partial charge on any atom is -0.319 e. The van der Waals surface area contributed by atoms with E-state index in [1.54, 1.807) is 12.1 Å². The molecule has 76 valence electrons. The third-order valence-electron chi connectivity index (χ3n) is 1.71. The summed E-state index contributed by atoms with van der Waals surface area (Å²) in [5.41, 5.74) is 0.149. The zero-order chi connectivity index (χ0) is 10.7. The van der Waals surface area contributed by atoms with E-state index in [-0.39, 0.29) is 5.69 Å². The first-order valence-corrected chi connectivity index (χ1v) is 4.88. The van der Waals surface area contributed by atoms with Crippen molar-refractivity contribution in [3.05, 3.63) is 41.2 Å². The second-order valence-electron chi connectivity index (χ2n) is 2.72. The summed E-state index contributed by atoms with van der Waals surface area (Å²) >= 11 is 0.961. The number of nitrogens with zero attached hydrogens (tertiary/aromatic N) is 2. The van der Waals surface area contributed by atoms with Gasteiger partial charge in [0.1, 0.15) is 10.7 Å². The maximum absolute atomic E-state index is 13.1. The summed E-state index contributed by atoms with van der Waals surface area (Å²) in [4.78, 5) is 11.8. The van der Waals surface area contributed by atoms with E-state index in [4.69, 9.17) is 0 Å². The molecule has 1 heterocycles. The van der Waals surface area contributed by atoms with Crippen molar-refractivity contribution in [1.29, 1.82) is 0 Å². The molecule has 4 nitrogen and oxygen atoms in total. The number of amides is 1. The van der Waals surface area contributed by atoms with Gasteiger partial charge in [-0.1, -0.05) is 16.6 Å². The molecule has 2 rings (SSSR count). The first kappa shape index (κ1) is 9.72. The lowest BCUT2D eigenvalue weighted by Crippen LogP contribution is -2.11. The van der Waals surface area contributed by atoms with Crippen molar-refractivity contribution in [3.8, 4) is 0 Å². The molecule has 1 aromatic carbocycles. The second kappa shape index (κ2) is 4.14. The Kier molecular flexibility index (Phi) is 2.68. The first-order chi connectivity index (χ1) is 7.27. The van der Waals surface area contributed by atoms with E-state index >= 15 is 0 Å². The Labute approximate surface area is 88.9 Å². The van der Waals surface area contributed by atoms with Crippen molar-refractivity contribution < 1.29 is 9.18 Å². The van der Waals surface area contributed by atoms with E-state index in [2.05, 4.69) is 14.9 Å². The number of aromatic nitrogens is 2. The molecule has 1 aromatic heterocycles. The Morgan fingerprint density at radius 2 is 2.20 bits per heavy atom. The summed E-state index contributed by atoms with van der Waals surface area (Å²) in [5.74, 6) is -0.876. The Hall–Kier alpha value is -1.82. The van der Waals surface area contributed by atoms with Crippen LogP contribution in [-0.4, -0.2) is 15.5 Å². The minimum atomic E-state index is -0.469. The lowest BCUT2D eigenvalue weighted by atomic mass is 10.3. The van der Waals surface area contributed by atoms with Crippen molar-refractivity contribution in [1.82, 2.24) is 9.59 Å². The second-order valence-corrected chi connectivity index (χ2v) is 3.50. The van der Waals surface area contributed by atoms with Gasteiger partial charge in [-0.15, -0.1) is 5.10 Å². The average Bonchev–Trinajstić information content (AvgIpc) is 2.74. The van der Waals surface area contributed by atoms with Gasteiger partial charge in [-0.25, -0.2) is 4.39 Å². The number of carbonyl (C=O) groups excluding carboxylic acids is 1. The van der Waals surface area contributed by atoms with Gasteiger partial charge >= 0.3 is 0 Å². The molecule has 6 heteroatoms. The number of nitrogens with one attached hydrogen (secondary N) is 1. The summed E-state index contributed by atoms with van der Waals surface area (Å²) in [6.07, 6.45) is 1.33. The number of anilines is 1. The Balaban J connectivity index is 2.17. The van der Waals surface area contributed by atoms with E-state index in [0.29, 0.717) is 4.88 Å². The Morgan fingerprint density at radius 3 is 2.87 bits per heavy atom. The maximum atomic E-state index is 13.1. The van der Waals surface area contributed by atoms with Gasteiger partial charge in [0.2, 0.25) is 0 Å². The fraction of sp³-hybridized carbons (Fsp3) is 0. The lowest BCUT2D eigenvalue weighted by Gasteiger charge is -2.03. The number of benzene rings is 1. The summed E-state index contributed by atoms with van der Waals surface area (Å²) in [6.45, 7) is 0. The molecule has 2 aromatic rings. The van der Waals surface area contributed by atoms with E-state index in [0.717, 1.165) is 11.5 Å². The largest absolute Gasteiger partial charge is 0.319 e. The molecule has 0 aliphatic rings. The third kappa shape index (κ3) is 2.16. The van der Waals surface area contributed by atoms with Crippen molar-refractivity contribution >= 4 is 23.1 Å². The summed E-state index contributed by atoms with van der Waals surface area (Å²) < 4.78 is 16.7. The monoisotopic (exact) mass is 223 g/mol. The average molecular weight is 223 g/mol. The van der Waals surface area contributed by atoms with Gasteiger partial charge in [0, 0.05) is 0 Å². The number of rotatable bonds is 2. The molecular formula is C9H6FN3OS. The SMILES string of the molecule is O=C(Nc1ccccc1F)c1cnns1. The molecule has 0 saturated carbocycles. The predicted octanol–water partition coefficient (Wildman–Crippen LogP) is 1.93. The fourth-order valence-electron chi connectivity index (χ4n) is 1.01. The van der Waals surface area contributed by atoms with Crippen molar-refractivity contribution in [3.63, 3.8) is 0 Å². The van der Waals surface area contributed by atoms with Crippen LogP contribution in [0.25, 0.3) is 0 Å². The van der Waals surface area contributed by atoms with Crippen molar-refractivity contribution in [2.24, 2.45) is 0 Å². The highest BCUT2D eigenvalue weighted by atomic mass is 32.1. The topological polar surface area (TPSA) is 54.9 Å². The van der Waals surface area contributed by atoms with E-state index in [9.17, 15) is 9.18 Å². The lowest BCUT2D eigenvalue weighted by molar-refractivity contribution is 0.103. The highest BCUT2D eigenvalue weighted by Gasteiger charge is 2.10. The van der Waals surface area contributed by atoms with Crippen LogP contribution in [0.5, 0.6) is 0 Å². The number of halogens is 1. The maximum Gasteiger partial charge on any atom is 0.269 e. The van der Waals surface area contributed by atoms with E-state index < -0.39 is 11.7 Å². The third-order valence-corrected chi connectivity index (χ3v) is 2.37. The predicted molar refractivity (Wildman–Crippen MR) is 54.3 cm³/mol. The number of hydrogen-bond acceptors (Lipinski definition) is 4. The molecular weight excluding hydrogens is 217 g/mol.